The highest BCUT2D eigenvalue weighted by Crippen LogP contribution is 2.30. The van der Waals surface area contributed by atoms with E-state index in [9.17, 15) is 22.8 Å². The molecule has 2 aliphatic heterocycles. The molecule has 1 saturated carbocycles. The minimum absolute atomic E-state index is 0.0212. The first kappa shape index (κ1) is 19.1. The third-order valence-corrected chi connectivity index (χ3v) is 7.27. The van der Waals surface area contributed by atoms with Crippen molar-refractivity contribution >= 4 is 27.6 Å². The van der Waals surface area contributed by atoms with Gasteiger partial charge >= 0.3 is 5.97 Å². The van der Waals surface area contributed by atoms with Gasteiger partial charge in [0.05, 0.1) is 17.4 Å². The average molecular weight is 386 g/mol. The molecule has 0 aromatic rings. The number of hydrogen-bond donors (Lipinski definition) is 1. The molecule has 2 saturated heterocycles. The van der Waals surface area contributed by atoms with Gasteiger partial charge in [-0.2, -0.15) is 0 Å². The molecule has 2 heterocycles. The highest BCUT2D eigenvalue weighted by atomic mass is 32.2. The topological polar surface area (TPSA) is 110 Å². The maximum Gasteiger partial charge on any atom is 0.312 e. The minimum atomic E-state index is -3.09. The second-order valence-corrected chi connectivity index (χ2v) is 9.80. The van der Waals surface area contributed by atoms with Gasteiger partial charge in [-0.05, 0) is 26.2 Å². The van der Waals surface area contributed by atoms with Crippen LogP contribution in [0.15, 0.2) is 0 Å². The lowest BCUT2D eigenvalue weighted by Gasteiger charge is -2.24. The highest BCUT2D eigenvalue weighted by Gasteiger charge is 2.40. The average Bonchev–Trinajstić information content (AvgIpc) is 3.27. The standard InChI is InChI=1S/C17H26N2O6S/c1-11(16(21)18-13-6-7-26(23,24)10-13)25-17(22)12-8-15(20)19(9-12)14-4-2-3-5-14/h11-14H,2-10H2,1H3,(H,18,21)/t11-,12+,13-/m0/s1. The van der Waals surface area contributed by atoms with Crippen molar-refractivity contribution in [3.8, 4) is 0 Å². The SMILES string of the molecule is C[C@H](OC(=O)[C@@H]1CC(=O)N(C2CCCC2)C1)C(=O)N[C@H]1CCS(=O)(=O)C1. The lowest BCUT2D eigenvalue weighted by Crippen LogP contribution is -2.43. The molecular formula is C17H26N2O6S. The van der Waals surface area contributed by atoms with Crippen LogP contribution in [0.4, 0.5) is 0 Å². The van der Waals surface area contributed by atoms with Crippen LogP contribution < -0.4 is 5.32 Å². The summed E-state index contributed by atoms with van der Waals surface area (Å²) in [5.41, 5.74) is 0. The summed E-state index contributed by atoms with van der Waals surface area (Å²) in [6.07, 6.45) is 3.68. The highest BCUT2D eigenvalue weighted by molar-refractivity contribution is 7.91. The number of carbonyl (C=O) groups excluding carboxylic acids is 3. The zero-order valence-corrected chi connectivity index (χ0v) is 15.8. The molecule has 3 rings (SSSR count). The van der Waals surface area contributed by atoms with Crippen molar-refractivity contribution in [2.45, 2.75) is 63.6 Å². The van der Waals surface area contributed by atoms with Gasteiger partial charge in [-0.3, -0.25) is 14.4 Å². The van der Waals surface area contributed by atoms with Crippen molar-refractivity contribution in [3.05, 3.63) is 0 Å². The molecule has 2 amide bonds. The lowest BCUT2D eigenvalue weighted by atomic mass is 10.1. The van der Waals surface area contributed by atoms with Crippen LogP contribution in [0, 0.1) is 5.92 Å². The van der Waals surface area contributed by atoms with E-state index < -0.39 is 39.8 Å². The summed E-state index contributed by atoms with van der Waals surface area (Å²) in [6, 6.07) is -0.204. The Labute approximate surface area is 153 Å². The molecular weight excluding hydrogens is 360 g/mol. The van der Waals surface area contributed by atoms with Crippen molar-refractivity contribution in [2.75, 3.05) is 18.1 Å². The lowest BCUT2D eigenvalue weighted by molar-refractivity contribution is -0.158. The van der Waals surface area contributed by atoms with E-state index in [1.54, 1.807) is 4.90 Å². The van der Waals surface area contributed by atoms with Crippen LogP contribution in [-0.2, 0) is 29.0 Å². The maximum absolute atomic E-state index is 12.3. The normalized spacial score (nSPS) is 29.7. The van der Waals surface area contributed by atoms with Crippen LogP contribution in [0.1, 0.15) is 45.4 Å². The molecule has 1 aliphatic carbocycles. The smallest absolute Gasteiger partial charge is 0.312 e. The largest absolute Gasteiger partial charge is 0.452 e. The van der Waals surface area contributed by atoms with Crippen molar-refractivity contribution in [1.29, 1.82) is 0 Å². The summed E-state index contributed by atoms with van der Waals surface area (Å²) in [6.45, 7) is 1.82. The minimum Gasteiger partial charge on any atom is -0.452 e. The molecule has 3 aliphatic rings. The second-order valence-electron chi connectivity index (χ2n) is 7.57. The number of rotatable bonds is 5. The summed E-state index contributed by atoms with van der Waals surface area (Å²) in [4.78, 5) is 38.4. The molecule has 9 heteroatoms. The molecule has 0 aromatic carbocycles. The monoisotopic (exact) mass is 386 g/mol. The number of sulfone groups is 1. The van der Waals surface area contributed by atoms with Gasteiger partial charge in [0.15, 0.2) is 15.9 Å². The fourth-order valence-corrected chi connectivity index (χ4v) is 5.68. The Hall–Kier alpha value is -1.64. The maximum atomic E-state index is 12.3. The third kappa shape index (κ3) is 4.36. The Morgan fingerprint density at radius 1 is 1.23 bits per heavy atom. The van der Waals surface area contributed by atoms with E-state index in [0.717, 1.165) is 25.7 Å². The van der Waals surface area contributed by atoms with E-state index in [1.165, 1.54) is 6.92 Å². The number of amides is 2. The van der Waals surface area contributed by atoms with E-state index in [4.69, 9.17) is 4.74 Å². The van der Waals surface area contributed by atoms with Crippen LogP contribution in [0.5, 0.6) is 0 Å². The second kappa shape index (κ2) is 7.54. The number of ether oxygens (including phenoxy) is 1. The van der Waals surface area contributed by atoms with Crippen LogP contribution in [0.3, 0.4) is 0 Å². The van der Waals surface area contributed by atoms with Crippen molar-refractivity contribution in [3.63, 3.8) is 0 Å². The fraction of sp³-hybridized carbons (Fsp3) is 0.824. The molecule has 3 atom stereocenters. The number of hydrogen-bond acceptors (Lipinski definition) is 6. The predicted molar refractivity (Wildman–Crippen MR) is 92.8 cm³/mol. The van der Waals surface area contributed by atoms with Gasteiger partial charge < -0.3 is 15.0 Å². The molecule has 3 fully saturated rings. The summed E-state index contributed by atoms with van der Waals surface area (Å²) >= 11 is 0. The van der Waals surface area contributed by atoms with E-state index in [-0.39, 0.29) is 29.9 Å². The quantitative estimate of drug-likeness (QED) is 0.667. The Balaban J connectivity index is 1.48. The molecule has 0 spiro atoms. The van der Waals surface area contributed by atoms with Crippen molar-refractivity contribution < 1.29 is 27.5 Å². The summed E-state index contributed by atoms with van der Waals surface area (Å²) in [5, 5.41) is 2.62. The molecule has 0 bridgehead atoms. The van der Waals surface area contributed by atoms with Crippen molar-refractivity contribution in [2.24, 2.45) is 5.92 Å². The number of nitrogens with zero attached hydrogens (tertiary/aromatic N) is 1. The van der Waals surface area contributed by atoms with E-state index in [2.05, 4.69) is 5.32 Å². The van der Waals surface area contributed by atoms with Gasteiger partial charge in [0.25, 0.3) is 5.91 Å². The van der Waals surface area contributed by atoms with E-state index in [0.29, 0.717) is 13.0 Å². The molecule has 0 radical (unpaired) electrons. The van der Waals surface area contributed by atoms with Gasteiger partial charge in [-0.1, -0.05) is 12.8 Å². The van der Waals surface area contributed by atoms with Gasteiger partial charge in [-0.15, -0.1) is 0 Å². The van der Waals surface area contributed by atoms with Crippen LogP contribution in [-0.4, -0.2) is 67.3 Å². The van der Waals surface area contributed by atoms with Crippen LogP contribution in [0.2, 0.25) is 0 Å². The van der Waals surface area contributed by atoms with Gasteiger partial charge in [-0.25, -0.2) is 8.42 Å². The molecule has 0 aromatic heterocycles. The fourth-order valence-electron chi connectivity index (χ4n) is 4.01. The first-order valence-corrected chi connectivity index (χ1v) is 11.1. The van der Waals surface area contributed by atoms with Crippen LogP contribution >= 0.6 is 0 Å². The number of nitrogens with one attached hydrogen (secondary N) is 1. The Bertz CT molecular complexity index is 685. The molecule has 8 nitrogen and oxygen atoms in total. The molecule has 0 unspecified atom stereocenters. The number of carbonyl (C=O) groups is 3. The zero-order valence-electron chi connectivity index (χ0n) is 15.0. The first-order valence-electron chi connectivity index (χ1n) is 9.26. The van der Waals surface area contributed by atoms with Crippen molar-refractivity contribution in [1.82, 2.24) is 10.2 Å². The number of likely N-dealkylation sites (tertiary alicyclic amines) is 1. The first-order chi connectivity index (χ1) is 12.2. The van der Waals surface area contributed by atoms with E-state index in [1.807, 2.05) is 0 Å². The summed E-state index contributed by atoms with van der Waals surface area (Å²) in [5.74, 6) is -1.62. The molecule has 26 heavy (non-hydrogen) atoms. The predicted octanol–water partition coefficient (Wildman–Crippen LogP) is 0.0125. The van der Waals surface area contributed by atoms with Gasteiger partial charge in [0, 0.05) is 25.0 Å². The van der Waals surface area contributed by atoms with Crippen LogP contribution in [0.25, 0.3) is 0 Å². The number of esters is 1. The Kier molecular flexibility index (Phi) is 5.55. The third-order valence-electron chi connectivity index (χ3n) is 5.50. The van der Waals surface area contributed by atoms with E-state index >= 15 is 0 Å². The Morgan fingerprint density at radius 2 is 1.92 bits per heavy atom. The van der Waals surface area contributed by atoms with Gasteiger partial charge in [0.2, 0.25) is 5.91 Å². The molecule has 146 valence electrons. The zero-order chi connectivity index (χ0) is 18.9. The van der Waals surface area contributed by atoms with Gasteiger partial charge in [0.1, 0.15) is 0 Å². The summed E-state index contributed by atoms with van der Waals surface area (Å²) < 4.78 is 28.1. The molecule has 1 N–H and O–H groups in total. The Morgan fingerprint density at radius 3 is 2.54 bits per heavy atom. The summed E-state index contributed by atoms with van der Waals surface area (Å²) in [7, 11) is -3.09.